The van der Waals surface area contributed by atoms with E-state index < -0.39 is 0 Å². The van der Waals surface area contributed by atoms with Crippen molar-refractivity contribution in [1.29, 1.82) is 0 Å². The predicted octanol–water partition coefficient (Wildman–Crippen LogP) is 1.91. The zero-order valence-corrected chi connectivity index (χ0v) is 12.0. The van der Waals surface area contributed by atoms with Gasteiger partial charge in [0.1, 0.15) is 5.01 Å². The summed E-state index contributed by atoms with van der Waals surface area (Å²) in [5, 5.41) is 19.1. The van der Waals surface area contributed by atoms with Gasteiger partial charge in [-0.05, 0) is 6.54 Å². The molecule has 0 unspecified atom stereocenters. The summed E-state index contributed by atoms with van der Waals surface area (Å²) >= 11 is 3.07. The van der Waals surface area contributed by atoms with Crippen molar-refractivity contribution in [3.63, 3.8) is 0 Å². The Morgan fingerprint density at radius 3 is 2.83 bits per heavy atom. The molecule has 2 rings (SSSR count). The Morgan fingerprint density at radius 2 is 2.22 bits per heavy atom. The molecule has 0 atom stereocenters. The number of nitrogens with zero attached hydrogens (tertiary/aromatic N) is 2. The molecule has 0 radical (unpaired) electrons. The number of aromatic nitrogens is 2. The van der Waals surface area contributed by atoms with Gasteiger partial charge in [-0.2, -0.15) is 0 Å². The van der Waals surface area contributed by atoms with E-state index in [1.807, 2.05) is 12.4 Å². The van der Waals surface area contributed by atoms with Crippen LogP contribution >= 0.6 is 22.7 Å². The van der Waals surface area contributed by atoms with Gasteiger partial charge >= 0.3 is 0 Å². The molecule has 18 heavy (non-hydrogen) atoms. The standard InChI is InChI=1S/C11H16N4OS2/c1-3-13-4-7-10(18-9(5-16)14-7)8-6-17-11(12-2)15-8/h6,13,16H,3-5H2,1-2H3,(H,12,15). The van der Waals surface area contributed by atoms with Crippen LogP contribution in [-0.2, 0) is 13.2 Å². The number of anilines is 1. The average molecular weight is 284 g/mol. The largest absolute Gasteiger partial charge is 0.389 e. The summed E-state index contributed by atoms with van der Waals surface area (Å²) in [6.45, 7) is 3.63. The summed E-state index contributed by atoms with van der Waals surface area (Å²) in [5.41, 5.74) is 1.88. The lowest BCUT2D eigenvalue weighted by Crippen LogP contribution is -2.12. The van der Waals surface area contributed by atoms with Crippen LogP contribution in [0, 0.1) is 0 Å². The van der Waals surface area contributed by atoms with E-state index in [-0.39, 0.29) is 6.61 Å². The number of hydrogen-bond donors (Lipinski definition) is 3. The molecule has 0 aliphatic heterocycles. The molecule has 0 bridgehead atoms. The molecule has 0 spiro atoms. The van der Waals surface area contributed by atoms with E-state index in [0.717, 1.165) is 32.9 Å². The van der Waals surface area contributed by atoms with Crippen LogP contribution in [0.3, 0.4) is 0 Å². The van der Waals surface area contributed by atoms with E-state index in [9.17, 15) is 5.11 Å². The topological polar surface area (TPSA) is 70.1 Å². The highest BCUT2D eigenvalue weighted by Crippen LogP contribution is 2.32. The summed E-state index contributed by atoms with van der Waals surface area (Å²) in [6.07, 6.45) is 0. The van der Waals surface area contributed by atoms with E-state index in [1.54, 1.807) is 11.3 Å². The minimum atomic E-state index is -0.0210. The molecule has 5 nitrogen and oxygen atoms in total. The van der Waals surface area contributed by atoms with Gasteiger partial charge in [-0.15, -0.1) is 22.7 Å². The lowest BCUT2D eigenvalue weighted by molar-refractivity contribution is 0.281. The Hall–Kier alpha value is -1.02. The fourth-order valence-corrected chi connectivity index (χ4v) is 3.16. The molecule has 2 aromatic rings. The first-order chi connectivity index (χ1) is 8.78. The van der Waals surface area contributed by atoms with E-state index in [0.29, 0.717) is 6.54 Å². The number of aliphatic hydroxyl groups excluding tert-OH is 1. The quantitative estimate of drug-likeness (QED) is 0.756. The van der Waals surface area contributed by atoms with Crippen molar-refractivity contribution in [3.05, 3.63) is 16.1 Å². The second-order valence-corrected chi connectivity index (χ2v) is 5.55. The van der Waals surface area contributed by atoms with Gasteiger partial charge in [0.2, 0.25) is 0 Å². The van der Waals surface area contributed by atoms with Crippen molar-refractivity contribution in [1.82, 2.24) is 15.3 Å². The maximum atomic E-state index is 9.20. The number of aliphatic hydroxyl groups is 1. The van der Waals surface area contributed by atoms with E-state index >= 15 is 0 Å². The third-order valence-corrected chi connectivity index (χ3v) is 4.33. The Bertz CT molecular complexity index is 509. The predicted molar refractivity (Wildman–Crippen MR) is 76.1 cm³/mol. The molecule has 0 saturated carbocycles. The monoisotopic (exact) mass is 284 g/mol. The van der Waals surface area contributed by atoms with E-state index in [4.69, 9.17) is 0 Å². The molecule has 0 aromatic carbocycles. The fourth-order valence-electron chi connectivity index (χ4n) is 1.52. The molecule has 0 amide bonds. The van der Waals surface area contributed by atoms with E-state index in [1.165, 1.54) is 11.3 Å². The van der Waals surface area contributed by atoms with Gasteiger partial charge in [-0.1, -0.05) is 6.92 Å². The molecule has 7 heteroatoms. The molecule has 0 saturated heterocycles. The summed E-state index contributed by atoms with van der Waals surface area (Å²) < 4.78 is 0. The maximum absolute atomic E-state index is 9.20. The molecular weight excluding hydrogens is 268 g/mol. The average Bonchev–Trinajstić information content (AvgIpc) is 3.02. The van der Waals surface area contributed by atoms with Gasteiger partial charge < -0.3 is 15.7 Å². The van der Waals surface area contributed by atoms with Gasteiger partial charge in [0.15, 0.2) is 5.13 Å². The van der Waals surface area contributed by atoms with Crippen LogP contribution in [-0.4, -0.2) is 28.7 Å². The van der Waals surface area contributed by atoms with Crippen molar-refractivity contribution < 1.29 is 5.11 Å². The minimum absolute atomic E-state index is 0.0210. The van der Waals surface area contributed by atoms with Crippen LogP contribution in [0.25, 0.3) is 10.6 Å². The van der Waals surface area contributed by atoms with Crippen LogP contribution in [0.2, 0.25) is 0 Å². The molecule has 2 aromatic heterocycles. The Kier molecular flexibility index (Phi) is 4.65. The van der Waals surface area contributed by atoms with Gasteiger partial charge in [0.05, 0.1) is 22.9 Å². The summed E-state index contributed by atoms with van der Waals surface area (Å²) in [5.74, 6) is 0. The van der Waals surface area contributed by atoms with Crippen molar-refractivity contribution >= 4 is 27.8 Å². The number of rotatable bonds is 6. The summed E-state index contributed by atoms with van der Waals surface area (Å²) in [7, 11) is 1.86. The van der Waals surface area contributed by atoms with Crippen molar-refractivity contribution in [2.24, 2.45) is 0 Å². The molecule has 3 N–H and O–H groups in total. The van der Waals surface area contributed by atoms with Crippen LogP contribution in [0.4, 0.5) is 5.13 Å². The zero-order valence-electron chi connectivity index (χ0n) is 10.4. The molecule has 0 fully saturated rings. The number of thiazole rings is 2. The molecular formula is C11H16N4OS2. The van der Waals surface area contributed by atoms with Gasteiger partial charge in [0, 0.05) is 19.0 Å². The smallest absolute Gasteiger partial charge is 0.182 e. The highest BCUT2D eigenvalue weighted by Gasteiger charge is 2.15. The van der Waals surface area contributed by atoms with Crippen molar-refractivity contribution in [3.8, 4) is 10.6 Å². The molecule has 98 valence electrons. The van der Waals surface area contributed by atoms with Crippen molar-refractivity contribution in [2.45, 2.75) is 20.1 Å². The second-order valence-electron chi connectivity index (χ2n) is 3.61. The maximum Gasteiger partial charge on any atom is 0.182 e. The molecule has 2 heterocycles. The van der Waals surface area contributed by atoms with E-state index in [2.05, 4.69) is 27.5 Å². The third-order valence-electron chi connectivity index (χ3n) is 2.37. The first-order valence-electron chi connectivity index (χ1n) is 5.72. The highest BCUT2D eigenvalue weighted by molar-refractivity contribution is 7.16. The van der Waals surface area contributed by atoms with Crippen LogP contribution in [0.1, 0.15) is 17.6 Å². The van der Waals surface area contributed by atoms with Crippen LogP contribution < -0.4 is 10.6 Å². The normalized spacial score (nSPS) is 10.8. The fraction of sp³-hybridized carbons (Fsp3) is 0.455. The Balaban J connectivity index is 2.31. The Morgan fingerprint density at radius 1 is 1.39 bits per heavy atom. The highest BCUT2D eigenvalue weighted by atomic mass is 32.1. The lowest BCUT2D eigenvalue weighted by Gasteiger charge is -2.00. The van der Waals surface area contributed by atoms with Gasteiger partial charge in [-0.25, -0.2) is 9.97 Å². The lowest BCUT2D eigenvalue weighted by atomic mass is 10.3. The second kappa shape index (κ2) is 6.24. The van der Waals surface area contributed by atoms with Crippen LogP contribution in [0.15, 0.2) is 5.38 Å². The summed E-state index contributed by atoms with van der Waals surface area (Å²) in [6, 6.07) is 0. The van der Waals surface area contributed by atoms with Crippen LogP contribution in [0.5, 0.6) is 0 Å². The zero-order chi connectivity index (χ0) is 13.0. The molecule has 0 aliphatic carbocycles. The van der Waals surface area contributed by atoms with Gasteiger partial charge in [0.25, 0.3) is 0 Å². The van der Waals surface area contributed by atoms with Crippen molar-refractivity contribution in [2.75, 3.05) is 18.9 Å². The third kappa shape index (κ3) is 2.86. The number of nitrogens with one attached hydrogen (secondary N) is 2. The minimum Gasteiger partial charge on any atom is -0.389 e. The first kappa shape index (κ1) is 13.4. The number of hydrogen-bond acceptors (Lipinski definition) is 7. The molecule has 0 aliphatic rings. The van der Waals surface area contributed by atoms with Gasteiger partial charge in [-0.3, -0.25) is 0 Å². The SMILES string of the molecule is CCNCc1nc(CO)sc1-c1csc(NC)n1. The first-order valence-corrected chi connectivity index (χ1v) is 7.41. The Labute approximate surface area is 114 Å². The summed E-state index contributed by atoms with van der Waals surface area (Å²) in [4.78, 5) is 9.95.